The van der Waals surface area contributed by atoms with Crippen molar-refractivity contribution in [2.45, 2.75) is 84.2 Å². The van der Waals surface area contributed by atoms with Gasteiger partial charge in [-0.25, -0.2) is 0 Å². The maximum Gasteiger partial charge on any atom is 0.0860 e. The van der Waals surface area contributed by atoms with E-state index in [9.17, 15) is 10.4 Å². The largest absolute Gasteiger partial charge is 0.388 e. The van der Waals surface area contributed by atoms with Crippen LogP contribution in [0.4, 0.5) is 0 Å². The van der Waals surface area contributed by atoms with E-state index in [0.717, 1.165) is 57.3 Å². The molecule has 1 aliphatic carbocycles. The molecule has 0 radical (unpaired) electrons. The van der Waals surface area contributed by atoms with Crippen LogP contribution in [0, 0.1) is 22.7 Å². The first-order valence-corrected chi connectivity index (χ1v) is 7.71. The minimum Gasteiger partial charge on any atom is -0.388 e. The molecular weight excluding hydrogens is 222 g/mol. The molecule has 2 nitrogen and oxygen atoms in total. The number of rotatable bonds is 6. The quantitative estimate of drug-likeness (QED) is 0.759. The highest BCUT2D eigenvalue weighted by atomic mass is 16.3. The Balaban J connectivity index is 2.89. The van der Waals surface area contributed by atoms with E-state index < -0.39 is 11.0 Å². The second-order valence-electron chi connectivity index (χ2n) is 6.08. The van der Waals surface area contributed by atoms with Gasteiger partial charge in [-0.3, -0.25) is 0 Å². The first-order chi connectivity index (χ1) is 8.57. The number of hydrogen-bond donors (Lipinski definition) is 1. The Hall–Kier alpha value is -0.550. The van der Waals surface area contributed by atoms with Gasteiger partial charge in [-0.15, -0.1) is 0 Å². The Morgan fingerprint density at radius 1 is 1.17 bits per heavy atom. The van der Waals surface area contributed by atoms with Crippen molar-refractivity contribution in [1.29, 1.82) is 5.26 Å². The lowest BCUT2D eigenvalue weighted by atomic mass is 9.59. The van der Waals surface area contributed by atoms with Gasteiger partial charge in [-0.2, -0.15) is 5.26 Å². The third-order valence-corrected chi connectivity index (χ3v) is 4.97. The summed E-state index contributed by atoms with van der Waals surface area (Å²) in [7, 11) is 0. The highest BCUT2D eigenvalue weighted by Crippen LogP contribution is 2.50. The Bertz CT molecular complexity index is 278. The number of hydrogen-bond acceptors (Lipinski definition) is 2. The summed E-state index contributed by atoms with van der Waals surface area (Å²) in [5.74, 6) is 0.763. The van der Waals surface area contributed by atoms with Crippen molar-refractivity contribution in [3.05, 3.63) is 0 Å². The van der Waals surface area contributed by atoms with Crippen molar-refractivity contribution in [1.82, 2.24) is 0 Å². The first-order valence-electron chi connectivity index (χ1n) is 7.71. The normalized spacial score (nSPS) is 28.9. The minimum atomic E-state index is -0.760. The maximum atomic E-state index is 11.0. The Morgan fingerprint density at radius 2 is 1.67 bits per heavy atom. The lowest BCUT2D eigenvalue weighted by molar-refractivity contribution is -0.0909. The van der Waals surface area contributed by atoms with Crippen molar-refractivity contribution in [2.24, 2.45) is 11.3 Å². The van der Waals surface area contributed by atoms with Crippen LogP contribution in [0.5, 0.6) is 0 Å². The molecule has 0 aliphatic heterocycles. The van der Waals surface area contributed by atoms with Crippen LogP contribution in [0.1, 0.15) is 78.6 Å². The van der Waals surface area contributed by atoms with Gasteiger partial charge in [0.1, 0.15) is 0 Å². The lowest BCUT2D eigenvalue weighted by Crippen LogP contribution is -2.49. The van der Waals surface area contributed by atoms with Crippen molar-refractivity contribution in [2.75, 3.05) is 0 Å². The van der Waals surface area contributed by atoms with Crippen molar-refractivity contribution in [3.8, 4) is 6.07 Å². The molecule has 0 atom stereocenters. The third-order valence-electron chi connectivity index (χ3n) is 4.97. The van der Waals surface area contributed by atoms with Crippen LogP contribution in [0.25, 0.3) is 0 Å². The number of aliphatic hydroxyl groups is 1. The van der Waals surface area contributed by atoms with E-state index in [1.807, 2.05) is 0 Å². The van der Waals surface area contributed by atoms with Crippen LogP contribution in [0.3, 0.4) is 0 Å². The van der Waals surface area contributed by atoms with Gasteiger partial charge < -0.3 is 5.11 Å². The van der Waals surface area contributed by atoms with Gasteiger partial charge in [0, 0.05) is 0 Å². The standard InChI is InChI=1S/C16H29NO/c1-4-9-16(18,10-5-2)15(13-17)11-7-14(6-3)8-12-15/h14,18H,4-12H2,1-3H3. The SMILES string of the molecule is CCCC(O)(CCC)C1(C#N)CCC(CC)CC1. The molecule has 1 N–H and O–H groups in total. The number of nitrogens with zero attached hydrogens (tertiary/aromatic N) is 1. The Labute approximate surface area is 112 Å². The summed E-state index contributed by atoms with van der Waals surface area (Å²) in [5.41, 5.74) is -1.24. The van der Waals surface area contributed by atoms with Crippen molar-refractivity contribution in [3.63, 3.8) is 0 Å². The molecule has 0 heterocycles. The molecular formula is C16H29NO. The van der Waals surface area contributed by atoms with Gasteiger partial charge in [-0.1, -0.05) is 40.0 Å². The van der Waals surface area contributed by atoms with Crippen LogP contribution < -0.4 is 0 Å². The van der Waals surface area contributed by atoms with E-state index >= 15 is 0 Å². The summed E-state index contributed by atoms with van der Waals surface area (Å²) < 4.78 is 0. The van der Waals surface area contributed by atoms with Crippen LogP contribution in [-0.2, 0) is 0 Å². The molecule has 0 aromatic carbocycles. The van der Waals surface area contributed by atoms with E-state index in [-0.39, 0.29) is 0 Å². The minimum absolute atomic E-state index is 0.481. The summed E-state index contributed by atoms with van der Waals surface area (Å²) >= 11 is 0. The van der Waals surface area contributed by atoms with Gasteiger partial charge in [0.05, 0.1) is 17.1 Å². The fraction of sp³-hybridized carbons (Fsp3) is 0.938. The van der Waals surface area contributed by atoms with E-state index in [4.69, 9.17) is 0 Å². The molecule has 1 saturated carbocycles. The van der Waals surface area contributed by atoms with Crippen LogP contribution >= 0.6 is 0 Å². The average molecular weight is 251 g/mol. The first kappa shape index (κ1) is 15.5. The maximum absolute atomic E-state index is 11.0. The fourth-order valence-corrected chi connectivity index (χ4v) is 3.69. The summed E-state index contributed by atoms with van der Waals surface area (Å²) in [5, 5.41) is 20.7. The van der Waals surface area contributed by atoms with Crippen molar-refractivity contribution >= 4 is 0 Å². The summed E-state index contributed by atoms with van der Waals surface area (Å²) in [4.78, 5) is 0. The molecule has 1 rings (SSSR count). The molecule has 0 saturated heterocycles. The monoisotopic (exact) mass is 251 g/mol. The van der Waals surface area contributed by atoms with Gasteiger partial charge in [-0.05, 0) is 44.4 Å². The van der Waals surface area contributed by atoms with Gasteiger partial charge in [0.25, 0.3) is 0 Å². The number of nitriles is 1. The molecule has 104 valence electrons. The third kappa shape index (κ3) is 2.88. The summed E-state index contributed by atoms with van der Waals surface area (Å²) in [6, 6.07) is 2.52. The molecule has 1 aliphatic rings. The molecule has 0 bridgehead atoms. The molecule has 0 spiro atoms. The predicted molar refractivity (Wildman–Crippen MR) is 75.1 cm³/mol. The van der Waals surface area contributed by atoms with E-state index in [0.29, 0.717) is 0 Å². The highest BCUT2D eigenvalue weighted by Gasteiger charge is 2.50. The Morgan fingerprint density at radius 3 is 2.00 bits per heavy atom. The van der Waals surface area contributed by atoms with E-state index in [1.54, 1.807) is 0 Å². The second kappa shape index (κ2) is 6.57. The second-order valence-corrected chi connectivity index (χ2v) is 6.08. The van der Waals surface area contributed by atoms with E-state index in [2.05, 4.69) is 26.8 Å². The Kier molecular flexibility index (Phi) is 5.66. The predicted octanol–water partition coefficient (Wildman–Crippen LogP) is 4.43. The zero-order chi connectivity index (χ0) is 13.6. The zero-order valence-electron chi connectivity index (χ0n) is 12.3. The summed E-state index contributed by atoms with van der Waals surface area (Å²) in [6.45, 7) is 6.43. The molecule has 1 fully saturated rings. The average Bonchev–Trinajstić information content (AvgIpc) is 2.39. The fourth-order valence-electron chi connectivity index (χ4n) is 3.69. The zero-order valence-corrected chi connectivity index (χ0v) is 12.3. The van der Waals surface area contributed by atoms with Gasteiger partial charge >= 0.3 is 0 Å². The van der Waals surface area contributed by atoms with Crippen LogP contribution in [0.2, 0.25) is 0 Å². The van der Waals surface area contributed by atoms with Crippen molar-refractivity contribution < 1.29 is 5.11 Å². The van der Waals surface area contributed by atoms with E-state index in [1.165, 1.54) is 6.42 Å². The molecule has 0 aromatic rings. The smallest absolute Gasteiger partial charge is 0.0860 e. The van der Waals surface area contributed by atoms with Crippen LogP contribution in [0.15, 0.2) is 0 Å². The highest BCUT2D eigenvalue weighted by molar-refractivity contribution is 5.12. The molecule has 18 heavy (non-hydrogen) atoms. The molecule has 2 heteroatoms. The summed E-state index contributed by atoms with van der Waals surface area (Å²) in [6.07, 6.45) is 8.66. The molecule has 0 amide bonds. The molecule has 0 unspecified atom stereocenters. The molecule has 0 aromatic heterocycles. The van der Waals surface area contributed by atoms with Crippen LogP contribution in [-0.4, -0.2) is 10.7 Å². The topological polar surface area (TPSA) is 44.0 Å². The van der Waals surface area contributed by atoms with Gasteiger partial charge in [0.15, 0.2) is 0 Å². The van der Waals surface area contributed by atoms with Gasteiger partial charge in [0.2, 0.25) is 0 Å². The lowest BCUT2D eigenvalue weighted by Gasteiger charge is -2.46.